The normalized spacial score (nSPS) is 19.6. The number of nitrogens with one attached hydrogen (secondary N) is 2. The van der Waals surface area contributed by atoms with Crippen LogP contribution in [0.2, 0.25) is 0 Å². The van der Waals surface area contributed by atoms with Gasteiger partial charge in [-0.3, -0.25) is 0 Å². The molecule has 1 unspecified atom stereocenters. The van der Waals surface area contributed by atoms with Crippen LogP contribution >= 0.6 is 0 Å². The highest BCUT2D eigenvalue weighted by atomic mass is 19.2. The lowest BCUT2D eigenvalue weighted by molar-refractivity contribution is 0.0559. The summed E-state index contributed by atoms with van der Waals surface area (Å²) in [6.07, 6.45) is 4.00. The number of H-pyrrole nitrogens is 1. The first-order valence-electron chi connectivity index (χ1n) is 11.4. The smallest absolute Gasteiger partial charge is 0.326 e. The monoisotopic (exact) mass is 482 g/mol. The number of aromatic nitrogens is 5. The van der Waals surface area contributed by atoms with Gasteiger partial charge in [-0.2, -0.15) is 9.97 Å². The van der Waals surface area contributed by atoms with E-state index in [-0.39, 0.29) is 34.4 Å². The molecule has 0 radical (unpaired) electrons. The Morgan fingerprint density at radius 1 is 1.26 bits per heavy atom. The van der Waals surface area contributed by atoms with Crippen LogP contribution in [0.4, 0.5) is 20.3 Å². The highest BCUT2D eigenvalue weighted by Gasteiger charge is 2.54. The van der Waals surface area contributed by atoms with Crippen LogP contribution in [0.25, 0.3) is 21.9 Å². The van der Waals surface area contributed by atoms with Gasteiger partial charge in [0.1, 0.15) is 17.6 Å². The Morgan fingerprint density at radius 2 is 2.00 bits per heavy atom. The maximum Gasteiger partial charge on any atom is 0.326 e. The molecular weight excluding hydrogens is 458 g/mol. The standard InChI is InChI=1S/C23H24F2N8O2/c1-10(34)19-28-6-11(7-29-19)35-22-31-20-16(15-17(25)12(24)5-13(27-2)18(15)30-20)21(32-22)33-8-23(9-33)4-3-14(23)26/h5-7,10,14,27,34H,3-4,8-9,26H2,1-2H3,(H,30,31,32)/t10-,14?/m0/s1. The number of aliphatic hydroxyl groups is 1. The summed E-state index contributed by atoms with van der Waals surface area (Å²) in [5.41, 5.74) is 7.36. The lowest BCUT2D eigenvalue weighted by Crippen LogP contribution is -2.69. The second-order valence-electron chi connectivity index (χ2n) is 9.32. The number of anilines is 2. The van der Waals surface area contributed by atoms with Crippen LogP contribution in [0, 0.1) is 17.0 Å². The number of nitrogens with two attached hydrogens (primary N) is 1. The van der Waals surface area contributed by atoms with Gasteiger partial charge in [0.05, 0.1) is 34.4 Å². The quantitative estimate of drug-likeness (QED) is 0.338. The van der Waals surface area contributed by atoms with Crippen LogP contribution in [0.5, 0.6) is 11.8 Å². The van der Waals surface area contributed by atoms with Crippen LogP contribution < -0.4 is 20.7 Å². The molecule has 2 fully saturated rings. The van der Waals surface area contributed by atoms with E-state index in [0.717, 1.165) is 18.9 Å². The molecule has 1 spiro atoms. The Kier molecular flexibility index (Phi) is 4.80. The van der Waals surface area contributed by atoms with Gasteiger partial charge in [-0.1, -0.05) is 0 Å². The molecule has 12 heteroatoms. The molecule has 1 aliphatic heterocycles. The van der Waals surface area contributed by atoms with E-state index in [1.165, 1.54) is 12.4 Å². The van der Waals surface area contributed by atoms with Gasteiger partial charge >= 0.3 is 6.01 Å². The molecule has 1 saturated carbocycles. The molecule has 1 aromatic carbocycles. The molecule has 1 saturated heterocycles. The predicted molar refractivity (Wildman–Crippen MR) is 125 cm³/mol. The van der Waals surface area contributed by atoms with Crippen molar-refractivity contribution in [3.05, 3.63) is 35.9 Å². The van der Waals surface area contributed by atoms with E-state index < -0.39 is 17.7 Å². The molecule has 6 rings (SSSR count). The highest BCUT2D eigenvalue weighted by molar-refractivity contribution is 6.15. The second-order valence-corrected chi connectivity index (χ2v) is 9.32. The zero-order valence-corrected chi connectivity index (χ0v) is 19.1. The number of aromatic amines is 1. The Morgan fingerprint density at radius 3 is 2.60 bits per heavy atom. The highest BCUT2D eigenvalue weighted by Crippen LogP contribution is 2.50. The van der Waals surface area contributed by atoms with E-state index in [1.54, 1.807) is 14.0 Å². The third-order valence-electron chi connectivity index (χ3n) is 7.13. The molecule has 182 valence electrons. The number of halogens is 2. The average molecular weight is 482 g/mol. The second kappa shape index (κ2) is 7.68. The van der Waals surface area contributed by atoms with Crippen molar-refractivity contribution in [1.29, 1.82) is 0 Å². The fourth-order valence-electron chi connectivity index (χ4n) is 5.01. The van der Waals surface area contributed by atoms with E-state index in [0.29, 0.717) is 41.1 Å². The first-order chi connectivity index (χ1) is 16.8. The van der Waals surface area contributed by atoms with Gasteiger partial charge in [0.25, 0.3) is 0 Å². The third kappa shape index (κ3) is 3.27. The molecule has 2 aliphatic rings. The molecule has 1 aliphatic carbocycles. The van der Waals surface area contributed by atoms with Crippen LogP contribution in [0.15, 0.2) is 18.5 Å². The van der Waals surface area contributed by atoms with Crippen molar-refractivity contribution in [2.45, 2.75) is 31.9 Å². The van der Waals surface area contributed by atoms with Crippen molar-refractivity contribution in [2.75, 3.05) is 30.4 Å². The summed E-state index contributed by atoms with van der Waals surface area (Å²) in [4.78, 5) is 22.3. The minimum atomic E-state index is -0.971. The Labute approximate surface area is 198 Å². The summed E-state index contributed by atoms with van der Waals surface area (Å²) in [7, 11) is 1.63. The molecule has 2 atom stereocenters. The van der Waals surface area contributed by atoms with Crippen molar-refractivity contribution in [3.63, 3.8) is 0 Å². The molecule has 4 aromatic rings. The topological polar surface area (TPSA) is 138 Å². The lowest BCUT2D eigenvalue weighted by Gasteiger charge is -2.60. The summed E-state index contributed by atoms with van der Waals surface area (Å²) in [5, 5.41) is 13.0. The largest absolute Gasteiger partial charge is 0.421 e. The molecular formula is C23H24F2N8O2. The minimum absolute atomic E-state index is 0.00167. The van der Waals surface area contributed by atoms with Gasteiger partial charge in [-0.15, -0.1) is 0 Å². The number of aliphatic hydroxyl groups excluding tert-OH is 1. The summed E-state index contributed by atoms with van der Waals surface area (Å²) in [6, 6.07) is 1.22. The zero-order valence-electron chi connectivity index (χ0n) is 19.1. The molecule has 4 heterocycles. The SMILES string of the molecule is CNc1cc(F)c(F)c2c1[nH]c1nc(Oc3cnc([C@H](C)O)nc3)nc(N3CC4(CCC4N)C3)c12. The van der Waals surface area contributed by atoms with Gasteiger partial charge < -0.3 is 30.8 Å². The number of ether oxygens (including phenoxy) is 1. The summed E-state index contributed by atoms with van der Waals surface area (Å²) < 4.78 is 35.4. The van der Waals surface area contributed by atoms with Crippen molar-refractivity contribution < 1.29 is 18.6 Å². The number of nitrogens with zero attached hydrogens (tertiary/aromatic N) is 5. The van der Waals surface area contributed by atoms with E-state index in [9.17, 15) is 9.50 Å². The van der Waals surface area contributed by atoms with Gasteiger partial charge in [-0.25, -0.2) is 18.7 Å². The summed E-state index contributed by atoms with van der Waals surface area (Å²) >= 11 is 0. The molecule has 0 amide bonds. The maximum absolute atomic E-state index is 15.1. The molecule has 35 heavy (non-hydrogen) atoms. The van der Waals surface area contributed by atoms with Crippen molar-refractivity contribution in [2.24, 2.45) is 11.1 Å². The fraction of sp³-hybridized carbons (Fsp3) is 0.391. The molecule has 5 N–H and O–H groups in total. The van der Waals surface area contributed by atoms with Gasteiger partial charge in [0.2, 0.25) is 0 Å². The van der Waals surface area contributed by atoms with Gasteiger partial charge in [-0.05, 0) is 19.8 Å². The van der Waals surface area contributed by atoms with Crippen LogP contribution in [-0.2, 0) is 0 Å². The van der Waals surface area contributed by atoms with Crippen molar-refractivity contribution in [3.8, 4) is 11.8 Å². The van der Waals surface area contributed by atoms with Gasteiger partial charge in [0, 0.05) is 37.7 Å². The summed E-state index contributed by atoms with van der Waals surface area (Å²) in [5.74, 6) is -0.976. The number of hydrogen-bond donors (Lipinski definition) is 4. The maximum atomic E-state index is 15.1. The number of rotatable bonds is 5. The molecule has 3 aromatic heterocycles. The van der Waals surface area contributed by atoms with Crippen LogP contribution in [0.3, 0.4) is 0 Å². The zero-order chi connectivity index (χ0) is 24.5. The van der Waals surface area contributed by atoms with Crippen molar-refractivity contribution >= 4 is 33.4 Å². The van der Waals surface area contributed by atoms with Crippen LogP contribution in [0.1, 0.15) is 31.7 Å². The van der Waals surface area contributed by atoms with E-state index in [2.05, 4.69) is 30.2 Å². The average Bonchev–Trinajstić information content (AvgIpc) is 3.19. The van der Waals surface area contributed by atoms with E-state index in [1.807, 2.05) is 4.90 Å². The Bertz CT molecular complexity index is 1450. The van der Waals surface area contributed by atoms with Crippen LogP contribution in [-0.4, -0.2) is 56.2 Å². The first-order valence-corrected chi connectivity index (χ1v) is 11.4. The summed E-state index contributed by atoms with van der Waals surface area (Å²) in [6.45, 7) is 2.88. The minimum Gasteiger partial charge on any atom is -0.421 e. The number of fused-ring (bicyclic) bond motifs is 3. The lowest BCUT2D eigenvalue weighted by atomic mass is 9.60. The number of benzene rings is 1. The van der Waals surface area contributed by atoms with E-state index in [4.69, 9.17) is 10.5 Å². The van der Waals surface area contributed by atoms with Gasteiger partial charge in [0.15, 0.2) is 23.2 Å². The number of hydrogen-bond acceptors (Lipinski definition) is 9. The van der Waals surface area contributed by atoms with E-state index >= 15 is 4.39 Å². The molecule has 10 nitrogen and oxygen atoms in total. The Balaban J connectivity index is 1.49. The fourth-order valence-corrected chi connectivity index (χ4v) is 5.01. The Hall–Kier alpha value is -3.64. The first kappa shape index (κ1) is 21.9. The third-order valence-corrected chi connectivity index (χ3v) is 7.13. The van der Waals surface area contributed by atoms with Crippen molar-refractivity contribution in [1.82, 2.24) is 24.9 Å². The predicted octanol–water partition coefficient (Wildman–Crippen LogP) is 2.99. The molecule has 0 bridgehead atoms.